The number of halogens is 1. The molecule has 2 aromatic rings. The maximum atomic E-state index is 11.7. The topological polar surface area (TPSA) is 54.0 Å². The zero-order chi connectivity index (χ0) is 14.4. The van der Waals surface area contributed by atoms with Gasteiger partial charge in [0.15, 0.2) is 5.13 Å². The van der Waals surface area contributed by atoms with E-state index >= 15 is 0 Å². The molecule has 2 rings (SSSR count). The molecule has 0 spiro atoms. The second-order valence-corrected chi connectivity index (χ2v) is 6.08. The van der Waals surface area contributed by atoms with Crippen molar-refractivity contribution < 1.29 is 4.79 Å². The predicted molar refractivity (Wildman–Crippen MR) is 87.0 cm³/mol. The first-order valence-corrected chi connectivity index (χ1v) is 8.02. The Morgan fingerprint density at radius 1 is 1.45 bits per heavy atom. The molecule has 0 aliphatic heterocycles. The number of nitrogens with one attached hydrogen (secondary N) is 2. The molecule has 0 radical (unpaired) electrons. The minimum atomic E-state index is 0.00962. The normalized spacial score (nSPS) is 10.5. The Morgan fingerprint density at radius 2 is 2.30 bits per heavy atom. The Kier molecular flexibility index (Phi) is 5.70. The van der Waals surface area contributed by atoms with Crippen LogP contribution in [0.4, 0.5) is 5.13 Å². The van der Waals surface area contributed by atoms with Gasteiger partial charge in [-0.05, 0) is 32.1 Å². The van der Waals surface area contributed by atoms with Crippen LogP contribution in [0.3, 0.4) is 0 Å². The van der Waals surface area contributed by atoms with Gasteiger partial charge in [-0.2, -0.15) is 0 Å². The Labute approximate surface area is 130 Å². The number of thiazole rings is 1. The van der Waals surface area contributed by atoms with Crippen LogP contribution in [0, 0.1) is 0 Å². The van der Waals surface area contributed by atoms with E-state index in [0.717, 1.165) is 28.7 Å². The number of carbonyl (C=O) groups is 1. The molecule has 0 aliphatic carbocycles. The highest BCUT2D eigenvalue weighted by Gasteiger charge is 2.08. The molecule has 1 aromatic carbocycles. The molecule has 0 atom stereocenters. The number of hydrogen-bond donors (Lipinski definition) is 2. The number of hydrogen-bond acceptors (Lipinski definition) is 4. The van der Waals surface area contributed by atoms with E-state index in [1.807, 2.05) is 36.7 Å². The molecule has 0 fully saturated rings. The minimum absolute atomic E-state index is 0.00962. The molecule has 20 heavy (non-hydrogen) atoms. The standard InChI is InChI=1S/C14H16BrN3OS/c1-16-7-3-6-13(19)18-14-17-12(9-20-14)10-4-2-5-11(15)8-10/h2,4-5,8-9,16H,3,6-7H2,1H3,(H,17,18,19). The van der Waals surface area contributed by atoms with Gasteiger partial charge < -0.3 is 10.6 Å². The smallest absolute Gasteiger partial charge is 0.226 e. The number of anilines is 1. The summed E-state index contributed by atoms with van der Waals surface area (Å²) in [6.07, 6.45) is 1.33. The molecule has 2 N–H and O–H groups in total. The first kappa shape index (κ1) is 15.2. The summed E-state index contributed by atoms with van der Waals surface area (Å²) in [6, 6.07) is 7.95. The Bertz CT molecular complexity index is 585. The van der Waals surface area contributed by atoms with Gasteiger partial charge >= 0.3 is 0 Å². The van der Waals surface area contributed by atoms with Gasteiger partial charge in [-0.1, -0.05) is 28.1 Å². The molecule has 0 saturated carbocycles. The fourth-order valence-electron chi connectivity index (χ4n) is 1.72. The zero-order valence-electron chi connectivity index (χ0n) is 11.1. The van der Waals surface area contributed by atoms with Crippen LogP contribution in [-0.4, -0.2) is 24.5 Å². The average Bonchev–Trinajstić information content (AvgIpc) is 2.87. The van der Waals surface area contributed by atoms with E-state index in [2.05, 4.69) is 31.5 Å². The van der Waals surface area contributed by atoms with Crippen molar-refractivity contribution in [3.05, 3.63) is 34.1 Å². The molecule has 0 aliphatic rings. The maximum Gasteiger partial charge on any atom is 0.226 e. The van der Waals surface area contributed by atoms with Gasteiger partial charge in [0.05, 0.1) is 5.69 Å². The van der Waals surface area contributed by atoms with E-state index in [9.17, 15) is 4.79 Å². The Balaban J connectivity index is 1.97. The molecule has 1 aromatic heterocycles. The fourth-order valence-corrected chi connectivity index (χ4v) is 2.85. The van der Waals surface area contributed by atoms with Crippen LogP contribution in [0.2, 0.25) is 0 Å². The maximum absolute atomic E-state index is 11.7. The van der Waals surface area contributed by atoms with E-state index in [-0.39, 0.29) is 5.91 Å². The van der Waals surface area contributed by atoms with Crippen LogP contribution in [0.5, 0.6) is 0 Å². The van der Waals surface area contributed by atoms with Crippen molar-refractivity contribution in [1.82, 2.24) is 10.3 Å². The number of benzene rings is 1. The summed E-state index contributed by atoms with van der Waals surface area (Å²) >= 11 is 4.89. The summed E-state index contributed by atoms with van der Waals surface area (Å²) in [5.74, 6) is 0.00962. The van der Waals surface area contributed by atoms with Crippen LogP contribution in [-0.2, 0) is 4.79 Å². The van der Waals surface area contributed by atoms with Crippen LogP contribution >= 0.6 is 27.3 Å². The highest BCUT2D eigenvalue weighted by molar-refractivity contribution is 9.10. The zero-order valence-corrected chi connectivity index (χ0v) is 13.6. The molecule has 0 saturated heterocycles. The molecule has 4 nitrogen and oxygen atoms in total. The monoisotopic (exact) mass is 353 g/mol. The molecule has 1 amide bonds. The number of carbonyl (C=O) groups excluding carboxylic acids is 1. The SMILES string of the molecule is CNCCCC(=O)Nc1nc(-c2cccc(Br)c2)cs1. The Hall–Kier alpha value is -1.24. The van der Waals surface area contributed by atoms with E-state index in [1.54, 1.807) is 0 Å². The van der Waals surface area contributed by atoms with E-state index in [4.69, 9.17) is 0 Å². The lowest BCUT2D eigenvalue weighted by molar-refractivity contribution is -0.116. The first-order valence-electron chi connectivity index (χ1n) is 6.35. The number of nitrogens with zero attached hydrogens (tertiary/aromatic N) is 1. The van der Waals surface area contributed by atoms with Gasteiger partial charge in [-0.25, -0.2) is 4.98 Å². The second-order valence-electron chi connectivity index (χ2n) is 4.30. The van der Waals surface area contributed by atoms with Crippen molar-refractivity contribution in [1.29, 1.82) is 0 Å². The highest BCUT2D eigenvalue weighted by Crippen LogP contribution is 2.26. The van der Waals surface area contributed by atoms with Crippen LogP contribution < -0.4 is 10.6 Å². The molecule has 0 unspecified atom stereocenters. The lowest BCUT2D eigenvalue weighted by Gasteiger charge is -2.01. The van der Waals surface area contributed by atoms with Gasteiger partial charge in [0.25, 0.3) is 0 Å². The molecule has 1 heterocycles. The van der Waals surface area contributed by atoms with E-state index in [1.165, 1.54) is 11.3 Å². The van der Waals surface area contributed by atoms with Crippen molar-refractivity contribution in [2.45, 2.75) is 12.8 Å². The van der Waals surface area contributed by atoms with Gasteiger partial charge in [-0.3, -0.25) is 4.79 Å². The van der Waals surface area contributed by atoms with Crippen molar-refractivity contribution in [3.8, 4) is 11.3 Å². The lowest BCUT2D eigenvalue weighted by atomic mass is 10.2. The van der Waals surface area contributed by atoms with Gasteiger partial charge in [-0.15, -0.1) is 11.3 Å². The van der Waals surface area contributed by atoms with E-state index in [0.29, 0.717) is 11.6 Å². The van der Waals surface area contributed by atoms with Crippen molar-refractivity contribution in [3.63, 3.8) is 0 Å². The minimum Gasteiger partial charge on any atom is -0.320 e. The number of rotatable bonds is 6. The summed E-state index contributed by atoms with van der Waals surface area (Å²) < 4.78 is 1.01. The van der Waals surface area contributed by atoms with Gasteiger partial charge in [0.2, 0.25) is 5.91 Å². The molecule has 0 bridgehead atoms. The van der Waals surface area contributed by atoms with E-state index < -0.39 is 0 Å². The van der Waals surface area contributed by atoms with Crippen LogP contribution in [0.1, 0.15) is 12.8 Å². The van der Waals surface area contributed by atoms with Crippen molar-refractivity contribution in [2.24, 2.45) is 0 Å². The number of aromatic nitrogens is 1. The Morgan fingerprint density at radius 3 is 3.05 bits per heavy atom. The van der Waals surface area contributed by atoms with Gasteiger partial charge in [0.1, 0.15) is 0 Å². The predicted octanol–water partition coefficient (Wildman–Crippen LogP) is 3.51. The van der Waals surface area contributed by atoms with Crippen molar-refractivity contribution >= 4 is 38.3 Å². The quantitative estimate of drug-likeness (QED) is 0.781. The molecule has 6 heteroatoms. The summed E-state index contributed by atoms with van der Waals surface area (Å²) in [5, 5.41) is 8.45. The lowest BCUT2D eigenvalue weighted by Crippen LogP contribution is -2.15. The third kappa shape index (κ3) is 4.40. The summed E-state index contributed by atoms with van der Waals surface area (Å²) in [4.78, 5) is 16.1. The van der Waals surface area contributed by atoms with Crippen molar-refractivity contribution in [2.75, 3.05) is 18.9 Å². The van der Waals surface area contributed by atoms with Gasteiger partial charge in [0, 0.05) is 21.8 Å². The molecule has 106 valence electrons. The second kappa shape index (κ2) is 7.52. The number of amides is 1. The van der Waals surface area contributed by atoms with Crippen LogP contribution in [0.25, 0.3) is 11.3 Å². The molecular formula is C14H16BrN3OS. The summed E-state index contributed by atoms with van der Waals surface area (Å²) in [7, 11) is 1.88. The average molecular weight is 354 g/mol. The van der Waals surface area contributed by atoms with Crippen LogP contribution in [0.15, 0.2) is 34.1 Å². The fraction of sp³-hybridized carbons (Fsp3) is 0.286. The highest BCUT2D eigenvalue weighted by atomic mass is 79.9. The summed E-state index contributed by atoms with van der Waals surface area (Å²) in [5.41, 5.74) is 1.91. The molecular weight excluding hydrogens is 338 g/mol. The first-order chi connectivity index (χ1) is 9.69. The summed E-state index contributed by atoms with van der Waals surface area (Å²) in [6.45, 7) is 0.842. The largest absolute Gasteiger partial charge is 0.320 e. The third-order valence-electron chi connectivity index (χ3n) is 2.70. The third-order valence-corrected chi connectivity index (χ3v) is 3.95.